The Balaban J connectivity index is 1.92. The molecule has 0 bridgehead atoms. The van der Waals surface area contributed by atoms with Gasteiger partial charge in [0.25, 0.3) is 0 Å². The van der Waals surface area contributed by atoms with Gasteiger partial charge < -0.3 is 9.47 Å². The van der Waals surface area contributed by atoms with Crippen molar-refractivity contribution in [3.8, 4) is 17.3 Å². The fourth-order valence-electron chi connectivity index (χ4n) is 2.25. The molecule has 2 aromatic heterocycles. The standard InChI is InChI=1S/C16H18N4O2S/c1-11-17-14(10-23-11)16-18-15(9-21-2)19-20(16)8-12-4-6-13(22-3)7-5-12/h4-7,10H,8-9H2,1-3H3. The highest BCUT2D eigenvalue weighted by Gasteiger charge is 2.15. The van der Waals surface area contributed by atoms with E-state index in [1.54, 1.807) is 25.6 Å². The number of aryl methyl sites for hydroxylation is 1. The van der Waals surface area contributed by atoms with Crippen LogP contribution in [0.5, 0.6) is 5.75 Å². The average Bonchev–Trinajstić information content (AvgIpc) is 3.15. The Bertz CT molecular complexity index is 780. The van der Waals surface area contributed by atoms with Crippen molar-refractivity contribution in [1.82, 2.24) is 19.7 Å². The lowest BCUT2D eigenvalue weighted by atomic mass is 10.2. The van der Waals surface area contributed by atoms with Gasteiger partial charge in [0.2, 0.25) is 0 Å². The highest BCUT2D eigenvalue weighted by atomic mass is 32.1. The molecule has 3 aromatic rings. The highest BCUT2D eigenvalue weighted by molar-refractivity contribution is 7.09. The number of hydrogen-bond donors (Lipinski definition) is 0. The molecule has 0 fully saturated rings. The first-order chi connectivity index (χ1) is 11.2. The molecule has 0 aliphatic carbocycles. The molecule has 0 atom stereocenters. The molecule has 7 heteroatoms. The van der Waals surface area contributed by atoms with Crippen LogP contribution in [-0.2, 0) is 17.9 Å². The van der Waals surface area contributed by atoms with Gasteiger partial charge in [0.1, 0.15) is 18.1 Å². The van der Waals surface area contributed by atoms with Gasteiger partial charge in [-0.05, 0) is 24.6 Å². The van der Waals surface area contributed by atoms with Crippen LogP contribution in [0, 0.1) is 6.92 Å². The van der Waals surface area contributed by atoms with Crippen molar-refractivity contribution in [3.63, 3.8) is 0 Å². The molecule has 0 amide bonds. The van der Waals surface area contributed by atoms with E-state index in [1.165, 1.54) is 0 Å². The van der Waals surface area contributed by atoms with E-state index in [4.69, 9.17) is 9.47 Å². The molecule has 0 saturated carbocycles. The number of methoxy groups -OCH3 is 2. The largest absolute Gasteiger partial charge is 0.497 e. The summed E-state index contributed by atoms with van der Waals surface area (Å²) in [6.07, 6.45) is 0. The molecule has 1 aromatic carbocycles. The SMILES string of the molecule is COCc1nc(-c2csc(C)n2)n(Cc2ccc(OC)cc2)n1. The molecule has 6 nitrogen and oxygen atoms in total. The van der Waals surface area contributed by atoms with Crippen LogP contribution in [0.3, 0.4) is 0 Å². The van der Waals surface area contributed by atoms with Crippen LogP contribution in [0.1, 0.15) is 16.4 Å². The zero-order valence-corrected chi connectivity index (χ0v) is 14.1. The zero-order chi connectivity index (χ0) is 16.2. The van der Waals surface area contributed by atoms with Crippen LogP contribution in [0.2, 0.25) is 0 Å². The second-order valence-corrected chi connectivity index (χ2v) is 6.10. The first-order valence-electron chi connectivity index (χ1n) is 7.17. The van der Waals surface area contributed by atoms with Gasteiger partial charge in [0.15, 0.2) is 11.6 Å². The Morgan fingerprint density at radius 3 is 2.52 bits per heavy atom. The van der Waals surface area contributed by atoms with Crippen molar-refractivity contribution in [3.05, 3.63) is 46.0 Å². The smallest absolute Gasteiger partial charge is 0.178 e. The fraction of sp³-hybridized carbons (Fsp3) is 0.312. The third-order valence-corrected chi connectivity index (χ3v) is 4.10. The average molecular weight is 330 g/mol. The van der Waals surface area contributed by atoms with Gasteiger partial charge in [0.05, 0.1) is 18.7 Å². The molecule has 0 spiro atoms. The van der Waals surface area contributed by atoms with Crippen LogP contribution in [0.25, 0.3) is 11.5 Å². The normalized spacial score (nSPS) is 10.9. The predicted octanol–water partition coefficient (Wildman–Crippen LogP) is 2.91. The monoisotopic (exact) mass is 330 g/mol. The van der Waals surface area contributed by atoms with Gasteiger partial charge in [0, 0.05) is 12.5 Å². The maximum Gasteiger partial charge on any atom is 0.178 e. The molecular formula is C16H18N4O2S. The topological polar surface area (TPSA) is 62.1 Å². The molecule has 0 N–H and O–H groups in total. The molecule has 23 heavy (non-hydrogen) atoms. The van der Waals surface area contributed by atoms with Crippen LogP contribution < -0.4 is 4.74 Å². The number of aromatic nitrogens is 4. The molecule has 3 rings (SSSR count). The molecule has 0 unspecified atom stereocenters. The molecule has 120 valence electrons. The summed E-state index contributed by atoms with van der Waals surface area (Å²) in [6, 6.07) is 7.92. The van der Waals surface area contributed by atoms with E-state index in [1.807, 2.05) is 41.3 Å². The molecule has 0 aliphatic heterocycles. The number of rotatable bonds is 6. The number of nitrogens with zero attached hydrogens (tertiary/aromatic N) is 4. The van der Waals surface area contributed by atoms with E-state index in [9.17, 15) is 0 Å². The van der Waals surface area contributed by atoms with Crippen molar-refractivity contribution in [2.45, 2.75) is 20.1 Å². The van der Waals surface area contributed by atoms with Crippen LogP contribution >= 0.6 is 11.3 Å². The van der Waals surface area contributed by atoms with E-state index in [-0.39, 0.29) is 0 Å². The second-order valence-electron chi connectivity index (χ2n) is 5.04. The number of benzene rings is 1. The lowest BCUT2D eigenvalue weighted by Crippen LogP contribution is -2.05. The Labute approximate surface area is 138 Å². The van der Waals surface area contributed by atoms with Crippen molar-refractivity contribution in [2.24, 2.45) is 0 Å². The van der Waals surface area contributed by atoms with Crippen LogP contribution in [0.15, 0.2) is 29.6 Å². The van der Waals surface area contributed by atoms with Gasteiger partial charge in [-0.1, -0.05) is 12.1 Å². The minimum atomic E-state index is 0.381. The first-order valence-corrected chi connectivity index (χ1v) is 8.05. The van der Waals surface area contributed by atoms with E-state index < -0.39 is 0 Å². The molecule has 2 heterocycles. The predicted molar refractivity (Wildman–Crippen MR) is 88.7 cm³/mol. The van der Waals surface area contributed by atoms with Gasteiger partial charge in [-0.15, -0.1) is 11.3 Å². The summed E-state index contributed by atoms with van der Waals surface area (Å²) in [5.74, 6) is 2.25. The molecule has 0 aliphatic rings. The van der Waals surface area contributed by atoms with Crippen molar-refractivity contribution in [2.75, 3.05) is 14.2 Å². The van der Waals surface area contributed by atoms with Crippen molar-refractivity contribution in [1.29, 1.82) is 0 Å². The Morgan fingerprint density at radius 2 is 1.91 bits per heavy atom. The lowest BCUT2D eigenvalue weighted by Gasteiger charge is -2.06. The van der Waals surface area contributed by atoms with Crippen molar-refractivity contribution < 1.29 is 9.47 Å². The fourth-order valence-corrected chi connectivity index (χ4v) is 2.84. The van der Waals surface area contributed by atoms with Gasteiger partial charge in [-0.2, -0.15) is 5.10 Å². The third kappa shape index (κ3) is 3.57. The van der Waals surface area contributed by atoms with Gasteiger partial charge in [-0.3, -0.25) is 0 Å². The highest BCUT2D eigenvalue weighted by Crippen LogP contribution is 2.21. The van der Waals surface area contributed by atoms with E-state index in [0.717, 1.165) is 27.8 Å². The maximum atomic E-state index is 5.19. The second kappa shape index (κ2) is 6.89. The number of hydrogen-bond acceptors (Lipinski definition) is 6. The minimum Gasteiger partial charge on any atom is -0.497 e. The Hall–Kier alpha value is -2.25. The molecular weight excluding hydrogens is 312 g/mol. The summed E-state index contributed by atoms with van der Waals surface area (Å²) in [6.45, 7) is 2.98. The summed E-state index contributed by atoms with van der Waals surface area (Å²) < 4.78 is 12.2. The van der Waals surface area contributed by atoms with E-state index in [2.05, 4.69) is 15.1 Å². The quantitative estimate of drug-likeness (QED) is 0.695. The maximum absolute atomic E-state index is 5.19. The third-order valence-electron chi connectivity index (χ3n) is 3.33. The van der Waals surface area contributed by atoms with Crippen LogP contribution in [-0.4, -0.2) is 34.0 Å². The summed E-state index contributed by atoms with van der Waals surface area (Å²) in [7, 11) is 3.29. The first kappa shape index (κ1) is 15.6. The Morgan fingerprint density at radius 1 is 1.13 bits per heavy atom. The van der Waals surface area contributed by atoms with Gasteiger partial charge in [-0.25, -0.2) is 14.6 Å². The summed E-state index contributed by atoms with van der Waals surface area (Å²) in [5.41, 5.74) is 1.96. The van der Waals surface area contributed by atoms with Crippen LogP contribution in [0.4, 0.5) is 0 Å². The molecule has 0 saturated heterocycles. The number of ether oxygens (including phenoxy) is 2. The Kier molecular flexibility index (Phi) is 4.68. The summed E-state index contributed by atoms with van der Waals surface area (Å²) in [5, 5.41) is 7.54. The minimum absolute atomic E-state index is 0.381. The molecule has 0 radical (unpaired) electrons. The lowest BCUT2D eigenvalue weighted by molar-refractivity contribution is 0.177. The van der Waals surface area contributed by atoms with Gasteiger partial charge >= 0.3 is 0 Å². The zero-order valence-electron chi connectivity index (χ0n) is 13.3. The summed E-state index contributed by atoms with van der Waals surface area (Å²) in [4.78, 5) is 9.08. The van der Waals surface area contributed by atoms with E-state index in [0.29, 0.717) is 19.0 Å². The van der Waals surface area contributed by atoms with Crippen molar-refractivity contribution >= 4 is 11.3 Å². The van der Waals surface area contributed by atoms with E-state index >= 15 is 0 Å². The summed E-state index contributed by atoms with van der Waals surface area (Å²) >= 11 is 1.60. The number of thiazole rings is 1.